The number of aliphatic hydroxyl groups is 1. The summed E-state index contributed by atoms with van der Waals surface area (Å²) in [7, 11) is 0. The van der Waals surface area contributed by atoms with Gasteiger partial charge in [-0.2, -0.15) is 5.10 Å². The van der Waals surface area contributed by atoms with Gasteiger partial charge in [0.15, 0.2) is 0 Å². The number of nitrogens with one attached hydrogen (secondary N) is 2. The van der Waals surface area contributed by atoms with Gasteiger partial charge in [0.1, 0.15) is 5.82 Å². The lowest BCUT2D eigenvalue weighted by Gasteiger charge is -2.17. The minimum atomic E-state index is -0.237. The molecule has 6 nitrogen and oxygen atoms in total. The second-order valence-electron chi connectivity index (χ2n) is 6.16. The Morgan fingerprint density at radius 1 is 1.12 bits per heavy atom. The molecule has 3 N–H and O–H groups in total. The van der Waals surface area contributed by atoms with Crippen LogP contribution in [0.3, 0.4) is 0 Å². The van der Waals surface area contributed by atoms with E-state index in [-0.39, 0.29) is 12.6 Å². The van der Waals surface area contributed by atoms with E-state index in [1.807, 2.05) is 49.4 Å². The number of fused-ring (bicyclic) bond motifs is 1. The maximum atomic E-state index is 9.73. The summed E-state index contributed by atoms with van der Waals surface area (Å²) in [6.07, 6.45) is 3.40. The second kappa shape index (κ2) is 6.93. The SMILES string of the molecule is Cc1[nH]nc2ccc(-c3cncc(NC(CO)c4ccccc4)n3)cc12. The molecule has 0 spiro atoms. The molecule has 4 aromatic rings. The van der Waals surface area contributed by atoms with Crippen molar-refractivity contribution in [1.82, 2.24) is 20.2 Å². The number of anilines is 1. The van der Waals surface area contributed by atoms with Crippen molar-refractivity contribution >= 4 is 16.7 Å². The van der Waals surface area contributed by atoms with E-state index in [0.717, 1.165) is 33.4 Å². The fraction of sp³-hybridized carbons (Fsp3) is 0.150. The number of nitrogens with zero attached hydrogens (tertiary/aromatic N) is 3. The van der Waals surface area contributed by atoms with Gasteiger partial charge in [-0.3, -0.25) is 10.1 Å². The lowest BCUT2D eigenvalue weighted by atomic mass is 10.1. The van der Waals surface area contributed by atoms with Crippen molar-refractivity contribution in [2.75, 3.05) is 11.9 Å². The Bertz CT molecular complexity index is 1030. The molecule has 0 saturated carbocycles. The molecule has 2 aromatic heterocycles. The molecule has 0 bridgehead atoms. The van der Waals surface area contributed by atoms with Gasteiger partial charge < -0.3 is 10.4 Å². The van der Waals surface area contributed by atoms with Gasteiger partial charge in [-0.25, -0.2) is 4.98 Å². The zero-order valence-electron chi connectivity index (χ0n) is 14.3. The van der Waals surface area contributed by atoms with E-state index in [2.05, 4.69) is 31.5 Å². The van der Waals surface area contributed by atoms with Crippen molar-refractivity contribution in [3.05, 3.63) is 72.2 Å². The Labute approximate surface area is 151 Å². The molecule has 2 aromatic carbocycles. The van der Waals surface area contributed by atoms with Crippen molar-refractivity contribution in [3.8, 4) is 11.3 Å². The van der Waals surface area contributed by atoms with Crippen LogP contribution >= 0.6 is 0 Å². The molecule has 0 fully saturated rings. The van der Waals surface area contributed by atoms with Crippen LogP contribution in [0.1, 0.15) is 17.3 Å². The third-order valence-corrected chi connectivity index (χ3v) is 4.38. The molecule has 0 radical (unpaired) electrons. The molecule has 130 valence electrons. The Morgan fingerprint density at radius 3 is 2.77 bits per heavy atom. The van der Waals surface area contributed by atoms with Gasteiger partial charge in [0.05, 0.1) is 36.3 Å². The summed E-state index contributed by atoms with van der Waals surface area (Å²) < 4.78 is 0. The minimum Gasteiger partial charge on any atom is -0.394 e. The molecule has 2 heterocycles. The van der Waals surface area contributed by atoms with E-state index >= 15 is 0 Å². The van der Waals surface area contributed by atoms with Gasteiger partial charge in [-0.05, 0) is 24.6 Å². The molecule has 0 aliphatic rings. The molecule has 0 aliphatic carbocycles. The minimum absolute atomic E-state index is 0.0317. The highest BCUT2D eigenvalue weighted by Crippen LogP contribution is 2.25. The van der Waals surface area contributed by atoms with Gasteiger partial charge in [0, 0.05) is 16.6 Å². The fourth-order valence-corrected chi connectivity index (χ4v) is 2.97. The molecule has 1 atom stereocenters. The first-order valence-corrected chi connectivity index (χ1v) is 8.44. The van der Waals surface area contributed by atoms with Crippen LogP contribution < -0.4 is 5.32 Å². The van der Waals surface area contributed by atoms with E-state index < -0.39 is 0 Å². The quantitative estimate of drug-likeness (QED) is 0.515. The van der Waals surface area contributed by atoms with Gasteiger partial charge in [0.25, 0.3) is 0 Å². The molecule has 26 heavy (non-hydrogen) atoms. The molecular formula is C20H19N5O. The van der Waals surface area contributed by atoms with Crippen molar-refractivity contribution in [2.24, 2.45) is 0 Å². The molecule has 1 unspecified atom stereocenters. The predicted molar refractivity (Wildman–Crippen MR) is 102 cm³/mol. The molecule has 4 rings (SSSR count). The monoisotopic (exact) mass is 345 g/mol. The summed E-state index contributed by atoms with van der Waals surface area (Å²) >= 11 is 0. The Morgan fingerprint density at radius 2 is 1.96 bits per heavy atom. The number of aliphatic hydroxyl groups excluding tert-OH is 1. The topological polar surface area (TPSA) is 86.7 Å². The van der Waals surface area contributed by atoms with Crippen LogP contribution in [0.5, 0.6) is 0 Å². The predicted octanol–water partition coefficient (Wildman–Crippen LogP) is 3.47. The maximum absolute atomic E-state index is 9.73. The largest absolute Gasteiger partial charge is 0.394 e. The molecule has 0 aliphatic heterocycles. The Hall–Kier alpha value is -3.25. The third kappa shape index (κ3) is 3.14. The van der Waals surface area contributed by atoms with Crippen LogP contribution in [0.15, 0.2) is 60.9 Å². The Balaban J connectivity index is 1.64. The zero-order chi connectivity index (χ0) is 17.9. The number of aromatic nitrogens is 4. The van der Waals surface area contributed by atoms with Crippen molar-refractivity contribution in [1.29, 1.82) is 0 Å². The van der Waals surface area contributed by atoms with Crippen LogP contribution in [0.4, 0.5) is 5.82 Å². The second-order valence-corrected chi connectivity index (χ2v) is 6.16. The van der Waals surface area contributed by atoms with E-state index in [0.29, 0.717) is 5.82 Å². The molecular weight excluding hydrogens is 326 g/mol. The van der Waals surface area contributed by atoms with Crippen LogP contribution in [0.25, 0.3) is 22.2 Å². The summed E-state index contributed by atoms with van der Waals surface area (Å²) in [5, 5.41) is 21.3. The summed E-state index contributed by atoms with van der Waals surface area (Å²) in [6, 6.07) is 15.6. The van der Waals surface area contributed by atoms with Crippen LogP contribution in [0.2, 0.25) is 0 Å². The smallest absolute Gasteiger partial charge is 0.145 e. The normalized spacial score (nSPS) is 12.2. The third-order valence-electron chi connectivity index (χ3n) is 4.38. The highest BCUT2D eigenvalue weighted by molar-refractivity contribution is 5.85. The van der Waals surface area contributed by atoms with E-state index in [1.54, 1.807) is 12.4 Å². The van der Waals surface area contributed by atoms with Crippen LogP contribution in [0, 0.1) is 6.92 Å². The molecule has 0 saturated heterocycles. The number of aromatic amines is 1. The van der Waals surface area contributed by atoms with E-state index in [9.17, 15) is 5.11 Å². The molecule has 6 heteroatoms. The zero-order valence-corrected chi connectivity index (χ0v) is 14.3. The first-order chi connectivity index (χ1) is 12.7. The van der Waals surface area contributed by atoms with Gasteiger partial charge in [-0.1, -0.05) is 36.4 Å². The number of H-pyrrole nitrogens is 1. The fourth-order valence-electron chi connectivity index (χ4n) is 2.97. The first-order valence-electron chi connectivity index (χ1n) is 8.44. The average molecular weight is 345 g/mol. The standard InChI is InChI=1S/C20H19N5O/c1-13-16-9-15(7-8-17(16)25-24-13)18-10-21-11-20(22-18)23-19(12-26)14-5-3-2-4-6-14/h2-11,19,26H,12H2,1H3,(H,22,23)(H,24,25). The first kappa shape index (κ1) is 16.2. The number of hydrogen-bond acceptors (Lipinski definition) is 5. The average Bonchev–Trinajstić information content (AvgIpc) is 3.07. The summed E-state index contributed by atoms with van der Waals surface area (Å²) in [5.74, 6) is 0.620. The number of aryl methyl sites for hydroxylation is 1. The Kier molecular flexibility index (Phi) is 4.33. The lowest BCUT2D eigenvalue weighted by Crippen LogP contribution is -2.15. The highest BCUT2D eigenvalue weighted by atomic mass is 16.3. The van der Waals surface area contributed by atoms with Gasteiger partial charge >= 0.3 is 0 Å². The number of rotatable bonds is 5. The van der Waals surface area contributed by atoms with E-state index in [4.69, 9.17) is 0 Å². The van der Waals surface area contributed by atoms with Gasteiger partial charge in [-0.15, -0.1) is 0 Å². The number of hydrogen-bond donors (Lipinski definition) is 3. The van der Waals surface area contributed by atoms with Crippen molar-refractivity contribution in [2.45, 2.75) is 13.0 Å². The van der Waals surface area contributed by atoms with E-state index in [1.165, 1.54) is 0 Å². The summed E-state index contributed by atoms with van der Waals surface area (Å²) in [6.45, 7) is 1.96. The van der Waals surface area contributed by atoms with Crippen molar-refractivity contribution in [3.63, 3.8) is 0 Å². The maximum Gasteiger partial charge on any atom is 0.145 e. The van der Waals surface area contributed by atoms with Crippen LogP contribution in [-0.4, -0.2) is 31.9 Å². The highest BCUT2D eigenvalue weighted by Gasteiger charge is 2.12. The van der Waals surface area contributed by atoms with Crippen molar-refractivity contribution < 1.29 is 5.11 Å². The number of benzene rings is 2. The van der Waals surface area contributed by atoms with Gasteiger partial charge in [0.2, 0.25) is 0 Å². The molecule has 0 amide bonds. The van der Waals surface area contributed by atoms with Crippen LogP contribution in [-0.2, 0) is 0 Å². The lowest BCUT2D eigenvalue weighted by molar-refractivity contribution is 0.276. The summed E-state index contributed by atoms with van der Waals surface area (Å²) in [5.41, 5.74) is 4.68. The summed E-state index contributed by atoms with van der Waals surface area (Å²) in [4.78, 5) is 8.96.